The van der Waals surface area contributed by atoms with Crippen LogP contribution in [0.2, 0.25) is 0 Å². The van der Waals surface area contributed by atoms with Crippen LogP contribution in [-0.4, -0.2) is 17.8 Å². The SMILES string of the molecule is CC(=O)Oc1cccc(C(=O)NCc2ccccc2NC(=O)/C=C/C(C)(C)C)c1. The fourth-order valence-corrected chi connectivity index (χ4v) is 2.44. The minimum atomic E-state index is -0.451. The highest BCUT2D eigenvalue weighted by Crippen LogP contribution is 2.18. The molecule has 29 heavy (non-hydrogen) atoms. The second-order valence-electron chi connectivity index (χ2n) is 7.65. The Morgan fingerprint density at radius 1 is 1.03 bits per heavy atom. The van der Waals surface area contributed by atoms with E-state index in [0.29, 0.717) is 17.0 Å². The third-order valence-electron chi connectivity index (χ3n) is 3.81. The van der Waals surface area contributed by atoms with Gasteiger partial charge >= 0.3 is 5.97 Å². The van der Waals surface area contributed by atoms with E-state index in [-0.39, 0.29) is 23.8 Å². The maximum Gasteiger partial charge on any atom is 0.308 e. The van der Waals surface area contributed by atoms with Crippen molar-refractivity contribution in [2.45, 2.75) is 34.2 Å². The van der Waals surface area contributed by atoms with Crippen LogP contribution in [0.3, 0.4) is 0 Å². The number of nitrogens with one attached hydrogen (secondary N) is 2. The summed E-state index contributed by atoms with van der Waals surface area (Å²) in [6.45, 7) is 7.56. The molecule has 2 N–H and O–H groups in total. The summed E-state index contributed by atoms with van der Waals surface area (Å²) >= 11 is 0. The quantitative estimate of drug-likeness (QED) is 0.439. The summed E-state index contributed by atoms with van der Waals surface area (Å²) < 4.78 is 5.00. The number of ether oxygens (including phenoxy) is 1. The molecule has 0 heterocycles. The smallest absolute Gasteiger partial charge is 0.308 e. The van der Waals surface area contributed by atoms with Crippen molar-refractivity contribution in [2.75, 3.05) is 5.32 Å². The van der Waals surface area contributed by atoms with Gasteiger partial charge in [0.2, 0.25) is 5.91 Å². The molecule has 0 unspecified atom stereocenters. The van der Waals surface area contributed by atoms with Crippen molar-refractivity contribution >= 4 is 23.5 Å². The zero-order chi connectivity index (χ0) is 21.4. The highest BCUT2D eigenvalue weighted by molar-refractivity contribution is 6.00. The number of para-hydroxylation sites is 1. The lowest BCUT2D eigenvalue weighted by atomic mass is 9.96. The van der Waals surface area contributed by atoms with Gasteiger partial charge in [-0.2, -0.15) is 0 Å². The molecule has 152 valence electrons. The summed E-state index contributed by atoms with van der Waals surface area (Å²) in [7, 11) is 0. The number of anilines is 1. The van der Waals surface area contributed by atoms with Gasteiger partial charge in [-0.15, -0.1) is 0 Å². The lowest BCUT2D eigenvalue weighted by Crippen LogP contribution is -2.23. The molecular weight excluding hydrogens is 368 g/mol. The number of rotatable bonds is 6. The predicted octanol–water partition coefficient (Wildman–Crippen LogP) is 4.08. The molecule has 0 aliphatic heterocycles. The minimum Gasteiger partial charge on any atom is -0.427 e. The summed E-state index contributed by atoms with van der Waals surface area (Å²) in [6.07, 6.45) is 3.35. The number of benzene rings is 2. The van der Waals surface area contributed by atoms with E-state index in [1.54, 1.807) is 24.3 Å². The standard InChI is InChI=1S/C23H26N2O4/c1-16(26)29-19-10-7-9-17(14-19)22(28)24-15-18-8-5-6-11-20(18)25-21(27)12-13-23(2,3)4/h5-14H,15H2,1-4H3,(H,24,28)(H,25,27)/b13-12+. The molecular formula is C23H26N2O4. The molecule has 2 aromatic rings. The molecule has 0 aliphatic carbocycles. The van der Waals surface area contributed by atoms with E-state index >= 15 is 0 Å². The van der Waals surface area contributed by atoms with E-state index in [2.05, 4.69) is 10.6 Å². The summed E-state index contributed by atoms with van der Waals surface area (Å²) in [5.41, 5.74) is 1.68. The van der Waals surface area contributed by atoms with Gasteiger partial charge in [-0.3, -0.25) is 14.4 Å². The zero-order valence-corrected chi connectivity index (χ0v) is 17.1. The van der Waals surface area contributed by atoms with Gasteiger partial charge in [0.1, 0.15) is 5.75 Å². The molecule has 0 bridgehead atoms. The number of esters is 1. The summed E-state index contributed by atoms with van der Waals surface area (Å²) in [6, 6.07) is 13.6. The Hall–Kier alpha value is -3.41. The predicted molar refractivity (Wildman–Crippen MR) is 113 cm³/mol. The molecule has 6 heteroatoms. The van der Waals surface area contributed by atoms with Gasteiger partial charge in [-0.25, -0.2) is 0 Å². The van der Waals surface area contributed by atoms with Crippen molar-refractivity contribution in [3.8, 4) is 5.75 Å². The van der Waals surface area contributed by atoms with E-state index in [1.165, 1.54) is 19.1 Å². The molecule has 2 aromatic carbocycles. The van der Waals surface area contributed by atoms with E-state index in [1.807, 2.05) is 45.0 Å². The molecule has 0 atom stereocenters. The van der Waals surface area contributed by atoms with Gasteiger partial charge in [0, 0.05) is 24.7 Å². The number of amides is 2. The number of carbonyl (C=O) groups excluding carboxylic acids is 3. The number of allylic oxidation sites excluding steroid dienone is 1. The molecule has 0 aliphatic rings. The first-order valence-electron chi connectivity index (χ1n) is 9.29. The van der Waals surface area contributed by atoms with Gasteiger partial charge in [0.25, 0.3) is 5.91 Å². The van der Waals surface area contributed by atoms with Gasteiger partial charge in [-0.05, 0) is 41.3 Å². The highest BCUT2D eigenvalue weighted by atomic mass is 16.5. The van der Waals surface area contributed by atoms with Crippen molar-refractivity contribution < 1.29 is 19.1 Å². The number of carbonyl (C=O) groups is 3. The Bertz CT molecular complexity index is 926. The Balaban J connectivity index is 2.04. The molecule has 0 radical (unpaired) electrons. The highest BCUT2D eigenvalue weighted by Gasteiger charge is 2.11. The van der Waals surface area contributed by atoms with Crippen LogP contribution in [0.15, 0.2) is 60.7 Å². The fourth-order valence-electron chi connectivity index (χ4n) is 2.44. The molecule has 0 saturated carbocycles. The van der Waals surface area contributed by atoms with E-state index in [4.69, 9.17) is 4.74 Å². The third kappa shape index (κ3) is 7.62. The second-order valence-corrected chi connectivity index (χ2v) is 7.65. The van der Waals surface area contributed by atoms with Crippen LogP contribution in [0.4, 0.5) is 5.69 Å². The summed E-state index contributed by atoms with van der Waals surface area (Å²) in [5, 5.41) is 5.66. The summed E-state index contributed by atoms with van der Waals surface area (Å²) in [5.74, 6) is -0.684. The van der Waals surface area contributed by atoms with Crippen molar-refractivity contribution in [3.05, 3.63) is 71.8 Å². The van der Waals surface area contributed by atoms with Crippen molar-refractivity contribution in [3.63, 3.8) is 0 Å². The van der Waals surface area contributed by atoms with Crippen LogP contribution in [0.1, 0.15) is 43.6 Å². The molecule has 0 saturated heterocycles. The van der Waals surface area contributed by atoms with Gasteiger partial charge < -0.3 is 15.4 Å². The topological polar surface area (TPSA) is 84.5 Å². The van der Waals surface area contributed by atoms with Crippen LogP contribution in [0.25, 0.3) is 0 Å². The first kappa shape index (κ1) is 21.9. The first-order valence-corrected chi connectivity index (χ1v) is 9.29. The van der Waals surface area contributed by atoms with Crippen LogP contribution < -0.4 is 15.4 Å². The average molecular weight is 394 g/mol. The summed E-state index contributed by atoms with van der Waals surface area (Å²) in [4.78, 5) is 35.7. The van der Waals surface area contributed by atoms with E-state index < -0.39 is 5.97 Å². The number of hydrogen-bond donors (Lipinski definition) is 2. The Morgan fingerprint density at radius 2 is 1.76 bits per heavy atom. The molecule has 0 fully saturated rings. The fraction of sp³-hybridized carbons (Fsp3) is 0.261. The van der Waals surface area contributed by atoms with Crippen molar-refractivity contribution in [2.24, 2.45) is 5.41 Å². The molecule has 6 nitrogen and oxygen atoms in total. The molecule has 2 amide bonds. The van der Waals surface area contributed by atoms with Crippen LogP contribution >= 0.6 is 0 Å². The monoisotopic (exact) mass is 394 g/mol. The molecule has 0 aromatic heterocycles. The maximum absolute atomic E-state index is 12.5. The van der Waals surface area contributed by atoms with E-state index in [9.17, 15) is 14.4 Å². The normalized spacial score (nSPS) is 11.2. The van der Waals surface area contributed by atoms with Crippen LogP contribution in [0, 0.1) is 5.41 Å². The Kier molecular flexibility index (Phi) is 7.31. The maximum atomic E-state index is 12.5. The Labute approximate surface area is 171 Å². The molecule has 0 spiro atoms. The lowest BCUT2D eigenvalue weighted by Gasteiger charge is -2.13. The second kappa shape index (κ2) is 9.68. The number of hydrogen-bond acceptors (Lipinski definition) is 4. The average Bonchev–Trinajstić information content (AvgIpc) is 2.64. The van der Waals surface area contributed by atoms with Crippen LogP contribution in [0.5, 0.6) is 5.75 Å². The minimum absolute atomic E-state index is 0.0918. The van der Waals surface area contributed by atoms with Crippen molar-refractivity contribution in [1.82, 2.24) is 5.32 Å². The third-order valence-corrected chi connectivity index (χ3v) is 3.81. The van der Waals surface area contributed by atoms with Gasteiger partial charge in [0.05, 0.1) is 0 Å². The van der Waals surface area contributed by atoms with Gasteiger partial charge in [-0.1, -0.05) is 51.1 Å². The van der Waals surface area contributed by atoms with Crippen molar-refractivity contribution in [1.29, 1.82) is 0 Å². The Morgan fingerprint density at radius 3 is 2.45 bits per heavy atom. The van der Waals surface area contributed by atoms with E-state index in [0.717, 1.165) is 5.56 Å². The molecule has 2 rings (SSSR count). The zero-order valence-electron chi connectivity index (χ0n) is 17.1. The first-order chi connectivity index (χ1) is 13.6. The van der Waals surface area contributed by atoms with Crippen LogP contribution in [-0.2, 0) is 16.1 Å². The largest absolute Gasteiger partial charge is 0.427 e. The lowest BCUT2D eigenvalue weighted by molar-refractivity contribution is -0.131. The van der Waals surface area contributed by atoms with Gasteiger partial charge in [0.15, 0.2) is 0 Å².